The van der Waals surface area contributed by atoms with Crippen LogP contribution in [0.1, 0.15) is 44.2 Å². The van der Waals surface area contributed by atoms with Gasteiger partial charge >= 0.3 is 0 Å². The summed E-state index contributed by atoms with van der Waals surface area (Å²) < 4.78 is 2.07. The van der Waals surface area contributed by atoms with E-state index in [0.29, 0.717) is 6.04 Å². The Morgan fingerprint density at radius 2 is 2.57 bits per heavy atom. The van der Waals surface area contributed by atoms with Gasteiger partial charge in [-0.3, -0.25) is 4.68 Å². The molecule has 1 N–H and O–H groups in total. The van der Waals surface area contributed by atoms with E-state index in [1.807, 2.05) is 6.20 Å². The molecular formula is C11H19N3. The molecule has 0 aromatic carbocycles. The first-order valence-corrected chi connectivity index (χ1v) is 5.66. The highest BCUT2D eigenvalue weighted by molar-refractivity contribution is 5.11. The van der Waals surface area contributed by atoms with Crippen LogP contribution in [0.2, 0.25) is 0 Å². The highest BCUT2D eigenvalue weighted by Gasteiger charge is 2.17. The Kier molecular flexibility index (Phi) is 3.19. The summed E-state index contributed by atoms with van der Waals surface area (Å²) in [7, 11) is 0. The van der Waals surface area contributed by atoms with Crippen molar-refractivity contribution in [3.8, 4) is 0 Å². The van der Waals surface area contributed by atoms with Crippen LogP contribution in [0.3, 0.4) is 0 Å². The van der Waals surface area contributed by atoms with Gasteiger partial charge in [0.25, 0.3) is 0 Å². The van der Waals surface area contributed by atoms with E-state index >= 15 is 0 Å². The van der Waals surface area contributed by atoms with Crippen molar-refractivity contribution in [3.05, 3.63) is 18.0 Å². The van der Waals surface area contributed by atoms with Crippen LogP contribution in [0.5, 0.6) is 0 Å². The fourth-order valence-corrected chi connectivity index (χ4v) is 1.97. The van der Waals surface area contributed by atoms with Gasteiger partial charge in [0, 0.05) is 24.3 Å². The van der Waals surface area contributed by atoms with Gasteiger partial charge in [0.1, 0.15) is 0 Å². The van der Waals surface area contributed by atoms with Gasteiger partial charge in [-0.2, -0.15) is 5.10 Å². The lowest BCUT2D eigenvalue weighted by Gasteiger charge is -2.05. The summed E-state index contributed by atoms with van der Waals surface area (Å²) >= 11 is 0. The van der Waals surface area contributed by atoms with Crippen molar-refractivity contribution in [1.29, 1.82) is 0 Å². The summed E-state index contributed by atoms with van der Waals surface area (Å²) in [5.74, 6) is 0. The lowest BCUT2D eigenvalue weighted by Crippen LogP contribution is -2.12. The summed E-state index contributed by atoms with van der Waals surface area (Å²) in [6.45, 7) is 4.43. The summed E-state index contributed by atoms with van der Waals surface area (Å²) in [6, 6.07) is 0.561. The molecule has 0 bridgehead atoms. The molecule has 0 spiro atoms. The van der Waals surface area contributed by atoms with Gasteiger partial charge < -0.3 is 5.32 Å². The monoisotopic (exact) mass is 193 g/mol. The molecule has 0 radical (unpaired) electrons. The molecule has 1 aliphatic rings. The molecule has 1 aromatic rings. The van der Waals surface area contributed by atoms with Gasteiger partial charge in [0.05, 0.1) is 6.20 Å². The first-order valence-electron chi connectivity index (χ1n) is 5.66. The fraction of sp³-hybridized carbons (Fsp3) is 0.727. The summed E-state index contributed by atoms with van der Waals surface area (Å²) in [6.07, 6.45) is 9.22. The van der Waals surface area contributed by atoms with Gasteiger partial charge in [0.15, 0.2) is 0 Å². The maximum Gasteiger partial charge on any atom is 0.0537 e. The second-order valence-electron chi connectivity index (χ2n) is 4.04. The van der Waals surface area contributed by atoms with E-state index in [0.717, 1.165) is 13.1 Å². The zero-order valence-corrected chi connectivity index (χ0v) is 8.87. The number of hydrogen-bond acceptors (Lipinski definition) is 2. The number of rotatable bonds is 4. The fourth-order valence-electron chi connectivity index (χ4n) is 1.97. The van der Waals surface area contributed by atoms with Crippen molar-refractivity contribution in [1.82, 2.24) is 15.1 Å². The largest absolute Gasteiger partial charge is 0.310 e. The molecule has 1 fully saturated rings. The number of aryl methyl sites for hydroxylation is 1. The van der Waals surface area contributed by atoms with Crippen LogP contribution in [0, 0.1) is 0 Å². The van der Waals surface area contributed by atoms with E-state index in [1.165, 1.54) is 31.2 Å². The van der Waals surface area contributed by atoms with E-state index in [4.69, 9.17) is 0 Å². The summed E-state index contributed by atoms with van der Waals surface area (Å²) in [4.78, 5) is 0. The number of aromatic nitrogens is 2. The first kappa shape index (κ1) is 9.71. The van der Waals surface area contributed by atoms with Crippen molar-refractivity contribution >= 4 is 0 Å². The minimum absolute atomic E-state index is 0.561. The van der Waals surface area contributed by atoms with Crippen LogP contribution in [0.4, 0.5) is 0 Å². The summed E-state index contributed by atoms with van der Waals surface area (Å²) in [5.41, 5.74) is 1.36. The topological polar surface area (TPSA) is 29.9 Å². The second-order valence-corrected chi connectivity index (χ2v) is 4.04. The predicted octanol–water partition coefficient (Wildman–Crippen LogP) is 2.11. The van der Waals surface area contributed by atoms with Crippen LogP contribution in [0.15, 0.2) is 12.4 Å². The molecule has 1 aromatic heterocycles. The van der Waals surface area contributed by atoms with Crippen LogP contribution in [-0.4, -0.2) is 16.3 Å². The van der Waals surface area contributed by atoms with Crippen molar-refractivity contribution in [3.63, 3.8) is 0 Å². The molecule has 78 valence electrons. The third kappa shape index (κ3) is 2.15. The normalized spacial score (nSPS) is 21.6. The van der Waals surface area contributed by atoms with Crippen molar-refractivity contribution < 1.29 is 0 Å². The van der Waals surface area contributed by atoms with Gasteiger partial charge in [-0.05, 0) is 25.8 Å². The number of nitrogens with zero attached hydrogens (tertiary/aromatic N) is 2. The molecule has 2 rings (SSSR count). The predicted molar refractivity (Wildman–Crippen MR) is 57.1 cm³/mol. The van der Waals surface area contributed by atoms with Crippen molar-refractivity contribution in [2.75, 3.05) is 6.54 Å². The Morgan fingerprint density at radius 1 is 1.64 bits per heavy atom. The maximum absolute atomic E-state index is 4.37. The van der Waals surface area contributed by atoms with Crippen LogP contribution >= 0.6 is 0 Å². The zero-order chi connectivity index (χ0) is 9.80. The summed E-state index contributed by atoms with van der Waals surface area (Å²) in [5, 5.41) is 7.86. The van der Waals surface area contributed by atoms with Crippen LogP contribution < -0.4 is 5.32 Å². The Bertz CT molecular complexity index is 274. The van der Waals surface area contributed by atoms with Gasteiger partial charge in [-0.1, -0.05) is 13.3 Å². The second kappa shape index (κ2) is 4.60. The lowest BCUT2D eigenvalue weighted by atomic mass is 10.1. The lowest BCUT2D eigenvalue weighted by molar-refractivity contribution is 0.569. The molecule has 3 nitrogen and oxygen atoms in total. The Morgan fingerprint density at radius 3 is 3.29 bits per heavy atom. The molecule has 1 atom stereocenters. The molecule has 0 unspecified atom stereocenters. The average molecular weight is 193 g/mol. The molecule has 14 heavy (non-hydrogen) atoms. The molecule has 2 heterocycles. The number of unbranched alkanes of at least 4 members (excludes halogenated alkanes) is 1. The highest BCUT2D eigenvalue weighted by Crippen LogP contribution is 2.22. The van der Waals surface area contributed by atoms with E-state index in [2.05, 4.69) is 28.2 Å². The van der Waals surface area contributed by atoms with Gasteiger partial charge in [-0.15, -0.1) is 0 Å². The molecule has 1 saturated heterocycles. The van der Waals surface area contributed by atoms with E-state index in [9.17, 15) is 0 Å². The first-order chi connectivity index (χ1) is 6.90. The minimum atomic E-state index is 0.561. The van der Waals surface area contributed by atoms with Crippen molar-refractivity contribution in [2.45, 2.75) is 45.2 Å². The number of hydrogen-bond donors (Lipinski definition) is 1. The van der Waals surface area contributed by atoms with Crippen LogP contribution in [0.25, 0.3) is 0 Å². The Labute approximate surface area is 85.5 Å². The zero-order valence-electron chi connectivity index (χ0n) is 8.87. The van der Waals surface area contributed by atoms with Gasteiger partial charge in [-0.25, -0.2) is 0 Å². The van der Waals surface area contributed by atoms with Crippen LogP contribution in [-0.2, 0) is 6.54 Å². The molecule has 0 saturated carbocycles. The Hall–Kier alpha value is -0.830. The van der Waals surface area contributed by atoms with E-state index < -0.39 is 0 Å². The standard InChI is InChI=1S/C11H19N3/c1-2-3-7-14-9-10(8-13-14)11-5-4-6-12-11/h8-9,11-12H,2-7H2,1H3/t11-/m0/s1. The SMILES string of the molecule is CCCCn1cc([C@@H]2CCCN2)cn1. The molecule has 0 aliphatic carbocycles. The minimum Gasteiger partial charge on any atom is -0.310 e. The number of nitrogens with one attached hydrogen (secondary N) is 1. The third-order valence-corrected chi connectivity index (χ3v) is 2.86. The Balaban J connectivity index is 1.94. The molecule has 0 amide bonds. The van der Waals surface area contributed by atoms with Crippen molar-refractivity contribution in [2.24, 2.45) is 0 Å². The smallest absolute Gasteiger partial charge is 0.0537 e. The molecular weight excluding hydrogens is 174 g/mol. The average Bonchev–Trinajstić information content (AvgIpc) is 2.85. The van der Waals surface area contributed by atoms with Gasteiger partial charge in [0.2, 0.25) is 0 Å². The molecule has 3 heteroatoms. The maximum atomic E-state index is 4.37. The molecule has 1 aliphatic heterocycles. The van der Waals surface area contributed by atoms with E-state index in [-0.39, 0.29) is 0 Å². The van der Waals surface area contributed by atoms with E-state index in [1.54, 1.807) is 0 Å². The third-order valence-electron chi connectivity index (χ3n) is 2.86. The quantitative estimate of drug-likeness (QED) is 0.793. The highest BCUT2D eigenvalue weighted by atomic mass is 15.3.